The Balaban J connectivity index is 2.12. The van der Waals surface area contributed by atoms with Crippen molar-refractivity contribution in [2.24, 2.45) is 5.73 Å². The van der Waals surface area contributed by atoms with E-state index in [1.54, 1.807) is 11.3 Å². The summed E-state index contributed by atoms with van der Waals surface area (Å²) in [7, 11) is 0. The number of nitrogens with two attached hydrogens (primary N) is 1. The van der Waals surface area contributed by atoms with Gasteiger partial charge in [0.05, 0.1) is 21.7 Å². The van der Waals surface area contributed by atoms with Crippen molar-refractivity contribution < 1.29 is 0 Å². The van der Waals surface area contributed by atoms with Gasteiger partial charge in [0.15, 0.2) is 0 Å². The maximum atomic E-state index is 5.63. The molecule has 0 saturated carbocycles. The summed E-state index contributed by atoms with van der Waals surface area (Å²) in [5.74, 6) is 0. The highest BCUT2D eigenvalue weighted by Gasteiger charge is 2.10. The molecule has 0 aliphatic carbocycles. The molecule has 0 aliphatic rings. The Morgan fingerprint density at radius 1 is 1.44 bits per heavy atom. The number of hydrogen-bond donors (Lipinski definition) is 1. The van der Waals surface area contributed by atoms with Gasteiger partial charge < -0.3 is 5.73 Å². The number of thiocarbonyl (C=S) groups is 1. The van der Waals surface area contributed by atoms with Gasteiger partial charge >= 0.3 is 0 Å². The van der Waals surface area contributed by atoms with Crippen LogP contribution in [-0.4, -0.2) is 28.0 Å². The number of benzene rings is 1. The number of rotatable bonds is 6. The van der Waals surface area contributed by atoms with E-state index in [0.29, 0.717) is 11.5 Å². The van der Waals surface area contributed by atoms with E-state index in [1.807, 2.05) is 18.2 Å². The fourth-order valence-electron chi connectivity index (χ4n) is 1.93. The highest BCUT2D eigenvalue weighted by atomic mass is 32.1. The Bertz CT molecular complexity index is 503. The first-order chi connectivity index (χ1) is 8.69. The first kappa shape index (κ1) is 13.4. The quantitative estimate of drug-likeness (QED) is 0.826. The van der Waals surface area contributed by atoms with Crippen LogP contribution in [0.5, 0.6) is 0 Å². The summed E-state index contributed by atoms with van der Waals surface area (Å²) >= 11 is 6.73. The van der Waals surface area contributed by atoms with Gasteiger partial charge in [-0.1, -0.05) is 31.3 Å². The van der Waals surface area contributed by atoms with Gasteiger partial charge in [-0.2, -0.15) is 0 Å². The van der Waals surface area contributed by atoms with Gasteiger partial charge in [-0.25, -0.2) is 4.98 Å². The molecule has 0 saturated heterocycles. The van der Waals surface area contributed by atoms with Crippen LogP contribution in [0.1, 0.15) is 18.4 Å². The molecule has 2 rings (SSSR count). The van der Waals surface area contributed by atoms with Gasteiger partial charge in [-0.3, -0.25) is 4.90 Å². The fraction of sp³-hybridized carbons (Fsp3) is 0.385. The second-order valence-electron chi connectivity index (χ2n) is 4.25. The molecule has 1 heterocycles. The Labute approximate surface area is 117 Å². The monoisotopic (exact) mass is 279 g/mol. The summed E-state index contributed by atoms with van der Waals surface area (Å²) in [6.07, 6.45) is 1.09. The molecule has 1 aromatic heterocycles. The van der Waals surface area contributed by atoms with Gasteiger partial charge in [-0.05, 0) is 25.1 Å². The second-order valence-corrected chi connectivity index (χ2v) is 5.89. The van der Waals surface area contributed by atoms with E-state index in [9.17, 15) is 0 Å². The van der Waals surface area contributed by atoms with Crippen LogP contribution < -0.4 is 5.73 Å². The third kappa shape index (κ3) is 3.48. The number of para-hydroxylation sites is 1. The predicted molar refractivity (Wildman–Crippen MR) is 82.0 cm³/mol. The number of hydrogen-bond acceptors (Lipinski definition) is 4. The SMILES string of the molecule is CCCN(CC(N)=S)Cc1nc2ccccc2s1. The summed E-state index contributed by atoms with van der Waals surface area (Å²) in [5.41, 5.74) is 6.70. The van der Waals surface area contributed by atoms with Crippen molar-refractivity contribution in [1.82, 2.24) is 9.88 Å². The molecule has 0 bridgehead atoms. The molecule has 18 heavy (non-hydrogen) atoms. The molecule has 1 aromatic carbocycles. The van der Waals surface area contributed by atoms with Crippen molar-refractivity contribution in [1.29, 1.82) is 0 Å². The van der Waals surface area contributed by atoms with E-state index in [0.717, 1.165) is 30.0 Å². The molecule has 0 fully saturated rings. The van der Waals surface area contributed by atoms with Crippen LogP contribution in [-0.2, 0) is 6.54 Å². The third-order valence-corrected chi connectivity index (χ3v) is 3.77. The average molecular weight is 279 g/mol. The molecular formula is C13H17N3S2. The van der Waals surface area contributed by atoms with Crippen LogP contribution in [0.4, 0.5) is 0 Å². The van der Waals surface area contributed by atoms with E-state index in [4.69, 9.17) is 18.0 Å². The van der Waals surface area contributed by atoms with E-state index < -0.39 is 0 Å². The lowest BCUT2D eigenvalue weighted by Gasteiger charge is -2.19. The minimum atomic E-state index is 0.546. The van der Waals surface area contributed by atoms with Crippen molar-refractivity contribution >= 4 is 38.8 Å². The highest BCUT2D eigenvalue weighted by Crippen LogP contribution is 2.22. The maximum absolute atomic E-state index is 5.63. The molecule has 0 spiro atoms. The fourth-order valence-corrected chi connectivity index (χ4v) is 3.12. The summed E-state index contributed by atoms with van der Waals surface area (Å²) in [4.78, 5) is 7.43. The van der Waals surface area contributed by atoms with Gasteiger partial charge in [0, 0.05) is 6.54 Å². The number of aromatic nitrogens is 1. The summed E-state index contributed by atoms with van der Waals surface area (Å²) in [6, 6.07) is 8.22. The minimum absolute atomic E-state index is 0.546. The van der Waals surface area contributed by atoms with Crippen molar-refractivity contribution in [3.05, 3.63) is 29.3 Å². The molecule has 96 valence electrons. The van der Waals surface area contributed by atoms with Crippen LogP contribution >= 0.6 is 23.6 Å². The third-order valence-electron chi connectivity index (χ3n) is 2.62. The molecule has 0 amide bonds. The Kier molecular flexibility index (Phi) is 4.63. The molecule has 0 unspecified atom stereocenters. The van der Waals surface area contributed by atoms with Crippen molar-refractivity contribution in [3.63, 3.8) is 0 Å². The zero-order valence-corrected chi connectivity index (χ0v) is 12.1. The molecule has 5 heteroatoms. The maximum Gasteiger partial charge on any atom is 0.108 e. The van der Waals surface area contributed by atoms with Gasteiger partial charge in [0.25, 0.3) is 0 Å². The molecule has 2 N–H and O–H groups in total. The lowest BCUT2D eigenvalue weighted by Crippen LogP contribution is -2.32. The summed E-state index contributed by atoms with van der Waals surface area (Å²) in [6.45, 7) is 4.64. The second kappa shape index (κ2) is 6.22. The molecule has 0 aliphatic heterocycles. The van der Waals surface area contributed by atoms with Gasteiger partial charge in [0.1, 0.15) is 5.01 Å². The molecule has 0 atom stereocenters. The van der Waals surface area contributed by atoms with Crippen molar-refractivity contribution in [2.75, 3.05) is 13.1 Å². The summed E-state index contributed by atoms with van der Waals surface area (Å²) in [5, 5.41) is 1.13. The summed E-state index contributed by atoms with van der Waals surface area (Å²) < 4.78 is 1.24. The van der Waals surface area contributed by atoms with Crippen LogP contribution in [0, 0.1) is 0 Å². The van der Waals surface area contributed by atoms with E-state index in [-0.39, 0.29) is 0 Å². The number of thiazole rings is 1. The number of nitrogens with zero attached hydrogens (tertiary/aromatic N) is 2. The standard InChI is InChI=1S/C13H17N3S2/c1-2-7-16(8-12(14)17)9-13-15-10-5-3-4-6-11(10)18-13/h3-6H,2,7-9H2,1H3,(H2,14,17). The minimum Gasteiger partial charge on any atom is -0.392 e. The zero-order chi connectivity index (χ0) is 13.0. The van der Waals surface area contributed by atoms with Gasteiger partial charge in [-0.15, -0.1) is 11.3 Å². The lowest BCUT2D eigenvalue weighted by molar-refractivity contribution is 0.304. The van der Waals surface area contributed by atoms with E-state index in [1.165, 1.54) is 4.70 Å². The van der Waals surface area contributed by atoms with E-state index >= 15 is 0 Å². The molecular weight excluding hydrogens is 262 g/mol. The van der Waals surface area contributed by atoms with Crippen molar-refractivity contribution in [2.45, 2.75) is 19.9 Å². The van der Waals surface area contributed by atoms with Crippen LogP contribution in [0.15, 0.2) is 24.3 Å². The molecule has 0 radical (unpaired) electrons. The smallest absolute Gasteiger partial charge is 0.108 e. The number of fused-ring (bicyclic) bond motifs is 1. The average Bonchev–Trinajstić information content (AvgIpc) is 2.70. The normalized spacial score (nSPS) is 11.2. The Morgan fingerprint density at radius 3 is 2.89 bits per heavy atom. The highest BCUT2D eigenvalue weighted by molar-refractivity contribution is 7.80. The topological polar surface area (TPSA) is 42.1 Å². The first-order valence-electron chi connectivity index (χ1n) is 6.04. The largest absolute Gasteiger partial charge is 0.392 e. The zero-order valence-electron chi connectivity index (χ0n) is 10.4. The Hall–Kier alpha value is -1.04. The first-order valence-corrected chi connectivity index (χ1v) is 7.26. The van der Waals surface area contributed by atoms with Crippen LogP contribution in [0.25, 0.3) is 10.2 Å². The van der Waals surface area contributed by atoms with Crippen LogP contribution in [0.3, 0.4) is 0 Å². The van der Waals surface area contributed by atoms with E-state index in [2.05, 4.69) is 22.9 Å². The predicted octanol–water partition coefficient (Wildman–Crippen LogP) is 2.79. The lowest BCUT2D eigenvalue weighted by atomic mass is 10.3. The van der Waals surface area contributed by atoms with Crippen molar-refractivity contribution in [3.8, 4) is 0 Å². The molecule has 3 nitrogen and oxygen atoms in total. The van der Waals surface area contributed by atoms with Crippen LogP contribution in [0.2, 0.25) is 0 Å². The molecule has 2 aromatic rings. The Morgan fingerprint density at radius 2 is 2.22 bits per heavy atom. The van der Waals surface area contributed by atoms with Gasteiger partial charge in [0.2, 0.25) is 0 Å².